The third kappa shape index (κ3) is 3.53. The molecule has 6 heteroatoms. The van der Waals surface area contributed by atoms with Gasteiger partial charge in [-0.2, -0.15) is 0 Å². The molecule has 0 bridgehead atoms. The topological polar surface area (TPSA) is 49.9 Å². The first-order valence-corrected chi connectivity index (χ1v) is 11.1. The molecule has 3 fully saturated rings. The number of benzene rings is 2. The smallest absolute Gasteiger partial charge is 0.253 e. The van der Waals surface area contributed by atoms with Crippen molar-refractivity contribution in [1.82, 2.24) is 4.90 Å². The summed E-state index contributed by atoms with van der Waals surface area (Å²) in [5, 5.41) is 0. The Morgan fingerprint density at radius 2 is 1.65 bits per heavy atom. The number of morpholine rings is 1. The summed E-state index contributed by atoms with van der Waals surface area (Å²) in [5.41, 5.74) is 0.645. The number of carbonyl (C=O) groups is 2. The first-order chi connectivity index (χ1) is 15.0. The van der Waals surface area contributed by atoms with E-state index >= 15 is 0 Å². The van der Waals surface area contributed by atoms with Crippen LogP contribution in [-0.2, 0) is 19.7 Å². The van der Waals surface area contributed by atoms with Gasteiger partial charge in [0.15, 0.2) is 0 Å². The number of ether oxygens (including phenoxy) is 1. The van der Waals surface area contributed by atoms with Crippen LogP contribution in [0.15, 0.2) is 54.6 Å². The number of likely N-dealkylation sites (tertiary alicyclic amines) is 1. The summed E-state index contributed by atoms with van der Waals surface area (Å²) in [6.45, 7) is 1.56. The summed E-state index contributed by atoms with van der Waals surface area (Å²) in [4.78, 5) is 30.0. The molecule has 0 radical (unpaired) electrons. The molecule has 2 aliphatic heterocycles. The van der Waals surface area contributed by atoms with Gasteiger partial charge in [-0.25, -0.2) is 4.39 Å². The molecule has 0 N–H and O–H groups in total. The highest BCUT2D eigenvalue weighted by molar-refractivity contribution is 5.95. The second-order valence-corrected chi connectivity index (χ2v) is 9.06. The van der Waals surface area contributed by atoms with Gasteiger partial charge in [-0.05, 0) is 49.1 Å². The fraction of sp³-hybridized carbons (Fsp3) is 0.440. The largest absolute Gasteiger partial charge is 0.361 e. The number of halogens is 1. The highest BCUT2D eigenvalue weighted by Crippen LogP contribution is 2.44. The molecule has 2 aromatic carbocycles. The number of nitrogens with zero attached hydrogens (tertiary/aromatic N) is 2. The van der Waals surface area contributed by atoms with Crippen LogP contribution >= 0.6 is 0 Å². The maximum atomic E-state index is 13.8. The van der Waals surface area contributed by atoms with E-state index in [1.54, 1.807) is 17.0 Å². The molecule has 2 saturated heterocycles. The Kier molecular flexibility index (Phi) is 5.05. The van der Waals surface area contributed by atoms with Crippen molar-refractivity contribution in [2.75, 3.05) is 31.1 Å². The molecule has 5 nitrogen and oxygen atoms in total. The Labute approximate surface area is 181 Å². The highest BCUT2D eigenvalue weighted by atomic mass is 19.1. The Balaban J connectivity index is 1.37. The zero-order valence-corrected chi connectivity index (χ0v) is 17.6. The van der Waals surface area contributed by atoms with E-state index < -0.39 is 11.0 Å². The average molecular weight is 423 g/mol. The summed E-state index contributed by atoms with van der Waals surface area (Å²) in [6, 6.07) is 16.0. The minimum atomic E-state index is -0.581. The molecule has 2 amide bonds. The molecular formula is C25H27FN2O3. The Morgan fingerprint density at radius 1 is 0.935 bits per heavy atom. The first kappa shape index (κ1) is 20.2. The minimum absolute atomic E-state index is 0.0278. The van der Waals surface area contributed by atoms with Crippen LogP contribution in [0.4, 0.5) is 10.1 Å². The Hall–Kier alpha value is -2.73. The van der Waals surface area contributed by atoms with Gasteiger partial charge in [-0.3, -0.25) is 9.59 Å². The van der Waals surface area contributed by atoms with Crippen molar-refractivity contribution in [3.05, 3.63) is 66.0 Å². The van der Waals surface area contributed by atoms with Gasteiger partial charge in [0.25, 0.3) is 5.91 Å². The number of rotatable bonds is 3. The van der Waals surface area contributed by atoms with E-state index in [9.17, 15) is 14.0 Å². The van der Waals surface area contributed by atoms with Crippen molar-refractivity contribution in [2.24, 2.45) is 0 Å². The Bertz CT molecular complexity index is 972. The molecule has 5 rings (SSSR count). The number of hydrogen-bond donors (Lipinski definition) is 0. The number of hydrogen-bond acceptors (Lipinski definition) is 3. The summed E-state index contributed by atoms with van der Waals surface area (Å²) in [7, 11) is 0. The zero-order chi connectivity index (χ0) is 21.5. The van der Waals surface area contributed by atoms with E-state index in [-0.39, 0.29) is 24.2 Å². The van der Waals surface area contributed by atoms with Crippen LogP contribution in [-0.4, -0.2) is 48.6 Å². The van der Waals surface area contributed by atoms with Gasteiger partial charge in [0, 0.05) is 12.2 Å². The highest BCUT2D eigenvalue weighted by Gasteiger charge is 2.51. The molecule has 2 aromatic rings. The standard InChI is InChI=1S/C25H27FN2O3/c26-20-10-8-19(9-11-20)25(12-4-5-13-25)23(30)27-15-14-24(17-27)18-28(22(29)16-31-24)21-6-2-1-3-7-21/h1-3,6-11H,4-5,12-18H2. The average Bonchev–Trinajstić information content (AvgIpc) is 3.45. The monoisotopic (exact) mass is 422 g/mol. The zero-order valence-electron chi connectivity index (χ0n) is 17.6. The van der Waals surface area contributed by atoms with Crippen LogP contribution in [0.2, 0.25) is 0 Å². The molecule has 31 heavy (non-hydrogen) atoms. The van der Waals surface area contributed by atoms with Crippen molar-refractivity contribution < 1.29 is 18.7 Å². The van der Waals surface area contributed by atoms with Gasteiger partial charge in [0.1, 0.15) is 18.0 Å². The number of amides is 2. The van der Waals surface area contributed by atoms with Crippen LogP contribution in [0.3, 0.4) is 0 Å². The fourth-order valence-corrected chi connectivity index (χ4v) is 5.50. The SMILES string of the molecule is O=C1COC2(CCN(C(=O)C3(c4ccc(F)cc4)CCCC3)C2)CN1c1ccccc1. The molecule has 1 atom stereocenters. The summed E-state index contributed by atoms with van der Waals surface area (Å²) < 4.78 is 19.6. The van der Waals surface area contributed by atoms with Gasteiger partial charge in [-0.1, -0.05) is 43.2 Å². The van der Waals surface area contributed by atoms with Crippen molar-refractivity contribution in [1.29, 1.82) is 0 Å². The maximum Gasteiger partial charge on any atom is 0.253 e. The summed E-state index contributed by atoms with van der Waals surface area (Å²) in [5.74, 6) is -0.230. The van der Waals surface area contributed by atoms with Gasteiger partial charge < -0.3 is 14.5 Å². The fourth-order valence-electron chi connectivity index (χ4n) is 5.50. The molecule has 3 aliphatic rings. The van der Waals surface area contributed by atoms with E-state index in [1.807, 2.05) is 35.2 Å². The van der Waals surface area contributed by atoms with Crippen molar-refractivity contribution in [3.8, 4) is 0 Å². The predicted molar refractivity (Wildman–Crippen MR) is 115 cm³/mol. The third-order valence-electron chi connectivity index (χ3n) is 7.18. The Morgan fingerprint density at radius 3 is 2.35 bits per heavy atom. The summed E-state index contributed by atoms with van der Waals surface area (Å²) >= 11 is 0. The number of para-hydroxylation sites is 1. The maximum absolute atomic E-state index is 13.8. The van der Waals surface area contributed by atoms with Crippen molar-refractivity contribution >= 4 is 17.5 Å². The van der Waals surface area contributed by atoms with Crippen molar-refractivity contribution in [2.45, 2.75) is 43.1 Å². The van der Waals surface area contributed by atoms with Crippen LogP contribution in [0, 0.1) is 5.82 Å². The van der Waals surface area contributed by atoms with Gasteiger partial charge in [0.05, 0.1) is 18.5 Å². The molecule has 1 spiro atoms. The first-order valence-electron chi connectivity index (χ1n) is 11.1. The van der Waals surface area contributed by atoms with Gasteiger partial charge in [0.2, 0.25) is 5.91 Å². The lowest BCUT2D eigenvalue weighted by atomic mass is 9.77. The molecular weight excluding hydrogens is 395 g/mol. The van der Waals surface area contributed by atoms with E-state index in [0.717, 1.165) is 36.9 Å². The number of carbonyl (C=O) groups excluding carboxylic acids is 2. The van der Waals surface area contributed by atoms with Crippen LogP contribution < -0.4 is 4.90 Å². The quantitative estimate of drug-likeness (QED) is 0.758. The van der Waals surface area contributed by atoms with Crippen LogP contribution in [0.1, 0.15) is 37.7 Å². The van der Waals surface area contributed by atoms with Crippen molar-refractivity contribution in [3.63, 3.8) is 0 Å². The molecule has 162 valence electrons. The van der Waals surface area contributed by atoms with Crippen LogP contribution in [0.5, 0.6) is 0 Å². The van der Waals surface area contributed by atoms with E-state index in [1.165, 1.54) is 12.1 Å². The third-order valence-corrected chi connectivity index (χ3v) is 7.18. The summed E-state index contributed by atoms with van der Waals surface area (Å²) in [6.07, 6.45) is 4.27. The lowest BCUT2D eigenvalue weighted by Gasteiger charge is -2.40. The predicted octanol–water partition coefficient (Wildman–Crippen LogP) is 3.67. The lowest BCUT2D eigenvalue weighted by Crippen LogP contribution is -2.57. The lowest BCUT2D eigenvalue weighted by molar-refractivity contribution is -0.141. The molecule has 1 unspecified atom stereocenters. The molecule has 0 aromatic heterocycles. The second-order valence-electron chi connectivity index (χ2n) is 9.06. The van der Waals surface area contributed by atoms with Crippen LogP contribution in [0.25, 0.3) is 0 Å². The molecule has 1 saturated carbocycles. The van der Waals surface area contributed by atoms with Gasteiger partial charge >= 0.3 is 0 Å². The minimum Gasteiger partial charge on any atom is -0.361 e. The van der Waals surface area contributed by atoms with Gasteiger partial charge in [-0.15, -0.1) is 0 Å². The number of anilines is 1. The molecule has 2 heterocycles. The normalized spacial score (nSPS) is 25.4. The van der Waals surface area contributed by atoms with E-state index in [2.05, 4.69) is 0 Å². The van der Waals surface area contributed by atoms with E-state index in [4.69, 9.17) is 4.74 Å². The van der Waals surface area contributed by atoms with E-state index in [0.29, 0.717) is 26.1 Å². The second kappa shape index (κ2) is 7.75. The molecule has 1 aliphatic carbocycles.